The van der Waals surface area contributed by atoms with E-state index < -0.39 is 91.7 Å². The third kappa shape index (κ3) is 3.71. The Morgan fingerprint density at radius 3 is 3.00 bits per heavy atom. The first-order valence-electron chi connectivity index (χ1n) is 16.3. The first kappa shape index (κ1) is 4.58. The first-order chi connectivity index (χ1) is 19.0. The fourth-order valence-corrected chi connectivity index (χ4v) is 1.66. The highest BCUT2D eigenvalue weighted by Crippen LogP contribution is 2.17. The van der Waals surface area contributed by atoms with Crippen molar-refractivity contribution in [2.45, 2.75) is 64.7 Å². The maximum absolute atomic E-state index is 15.9. The van der Waals surface area contributed by atoms with E-state index in [1.807, 2.05) is 0 Å². The highest BCUT2D eigenvalue weighted by Gasteiger charge is 2.17. The van der Waals surface area contributed by atoms with Gasteiger partial charge in [-0.2, -0.15) is 0 Å². The minimum Gasteiger partial charge on any atom is -0.325 e. The van der Waals surface area contributed by atoms with Crippen LogP contribution in [0.2, 0.25) is 0 Å². The molecule has 0 spiro atoms. The molecule has 0 N–H and O–H groups in total. The largest absolute Gasteiger partial charge is 0.332 e. The molecule has 0 fully saturated rings. The summed E-state index contributed by atoms with van der Waals surface area (Å²) in [7, 11) is 0.751. The number of halogens is 1. The summed E-state index contributed by atoms with van der Waals surface area (Å²) in [5.74, 6) is 0. The van der Waals surface area contributed by atoms with Crippen LogP contribution in [0.25, 0.3) is 11.2 Å². The highest BCUT2D eigenvalue weighted by atomic mass is 19.1. The van der Waals surface area contributed by atoms with Crippen LogP contribution in [0.5, 0.6) is 0 Å². The van der Waals surface area contributed by atoms with Crippen LogP contribution < -0.4 is 11.2 Å². The normalized spacial score (nSPS) is 33.2. The molecule has 0 saturated heterocycles. The quantitative estimate of drug-likeness (QED) is 0.771. The van der Waals surface area contributed by atoms with E-state index in [4.69, 9.17) is 28.8 Å². The average Bonchev–Trinajstić information content (AvgIpc) is 3.25. The van der Waals surface area contributed by atoms with Crippen LogP contribution in [0.3, 0.4) is 0 Å². The third-order valence-corrected chi connectivity index (χ3v) is 2.59. The van der Waals surface area contributed by atoms with Gasteiger partial charge in [-0.05, 0) is 39.2 Å². The van der Waals surface area contributed by atoms with Gasteiger partial charge in [0.1, 0.15) is 5.67 Å². The number of hydrogen-bond acceptors (Lipinski definition) is 3. The number of aryl methyl sites for hydroxylation is 2. The lowest BCUT2D eigenvalue weighted by Crippen LogP contribution is -2.39. The smallest absolute Gasteiger partial charge is 0.325 e. The van der Waals surface area contributed by atoms with E-state index in [9.17, 15) is 9.59 Å². The number of fused-ring (bicyclic) bond motifs is 1. The van der Waals surface area contributed by atoms with Crippen LogP contribution in [0.1, 0.15) is 74.8 Å². The van der Waals surface area contributed by atoms with Gasteiger partial charge < -0.3 is 4.57 Å². The van der Waals surface area contributed by atoms with Crippen molar-refractivity contribution in [3.63, 3.8) is 0 Å². The minimum absolute atomic E-state index is 0.0393. The second-order valence-electron chi connectivity index (χ2n) is 4.15. The summed E-state index contributed by atoms with van der Waals surface area (Å²) in [6, 6.07) is 0. The number of alkyl halides is 1. The molecule has 2 heterocycles. The molecule has 1 atom stereocenters. The van der Waals surface area contributed by atoms with E-state index in [0.29, 0.717) is 6.33 Å². The predicted molar refractivity (Wildman–Crippen MR) is 88.6 cm³/mol. The summed E-state index contributed by atoms with van der Waals surface area (Å²) in [4.78, 5) is 30.3. The Balaban J connectivity index is 3.07. The molecule has 6 nitrogen and oxygen atoms in total. The molecule has 0 radical (unpaired) electrons. The van der Waals surface area contributed by atoms with Gasteiger partial charge in [-0.3, -0.25) is 13.9 Å². The fraction of sp³-hybridized carbons (Fsp3) is 0.688. The fourth-order valence-electron chi connectivity index (χ4n) is 1.66. The number of imidazole rings is 1. The molecule has 0 amide bonds. The monoisotopic (exact) mass is 348 g/mol. The Hall–Kier alpha value is -1.92. The highest BCUT2D eigenvalue weighted by molar-refractivity contribution is 5.69. The van der Waals surface area contributed by atoms with Crippen molar-refractivity contribution >= 4 is 11.2 Å². The zero-order valence-corrected chi connectivity index (χ0v) is 11.6. The molecule has 0 aliphatic heterocycles. The molecule has 1 unspecified atom stereocenters. The summed E-state index contributed by atoms with van der Waals surface area (Å²) >= 11 is 0. The van der Waals surface area contributed by atoms with Gasteiger partial charge in [0.05, 0.1) is 9.07 Å². The van der Waals surface area contributed by atoms with Crippen molar-refractivity contribution in [2.24, 2.45) is 7.05 Å². The lowest BCUT2D eigenvalue weighted by molar-refractivity contribution is 0.195. The molecule has 0 aliphatic rings. The minimum atomic E-state index is -5.21. The van der Waals surface area contributed by atoms with Crippen molar-refractivity contribution in [3.05, 3.63) is 27.2 Å². The van der Waals surface area contributed by atoms with Gasteiger partial charge in [0, 0.05) is 46.1 Å². The lowest BCUT2D eigenvalue weighted by Gasteiger charge is -2.14. The summed E-state index contributed by atoms with van der Waals surface area (Å²) in [5.41, 5.74) is -11.3. The summed E-state index contributed by atoms with van der Waals surface area (Å²) in [5, 5.41) is 0. The molecule has 0 aromatic carbocycles. The van der Waals surface area contributed by atoms with E-state index in [2.05, 4.69) is 4.98 Å². The third-order valence-electron chi connectivity index (χ3n) is 2.59. The summed E-state index contributed by atoms with van der Waals surface area (Å²) in [6.07, 6.45) is -18.0. The van der Waals surface area contributed by atoms with Gasteiger partial charge in [0.15, 0.2) is 11.2 Å². The zero-order chi connectivity index (χ0) is 35.5. The molecule has 2 rings (SSSR count). The maximum atomic E-state index is 15.9. The molecule has 2 aromatic rings. The molecule has 23 heavy (non-hydrogen) atoms. The van der Waals surface area contributed by atoms with Crippen LogP contribution in [0.15, 0.2) is 15.9 Å². The molecular formula is C16H25FN4O2. The molecule has 7 heteroatoms. The van der Waals surface area contributed by atoms with Gasteiger partial charge in [-0.25, -0.2) is 14.2 Å². The van der Waals surface area contributed by atoms with Gasteiger partial charge in [-0.1, -0.05) is 6.85 Å². The average molecular weight is 349 g/mol. The first-order valence-corrected chi connectivity index (χ1v) is 5.85. The van der Waals surface area contributed by atoms with Crippen LogP contribution in [0.4, 0.5) is 4.39 Å². The number of hydrogen-bond donors (Lipinski definition) is 0. The van der Waals surface area contributed by atoms with Crippen LogP contribution in [0, 0.1) is 0 Å². The topological polar surface area (TPSA) is 61.8 Å². The molecule has 2 aromatic heterocycles. The summed E-state index contributed by atoms with van der Waals surface area (Å²) in [6.45, 7) is -21.0. The van der Waals surface area contributed by atoms with Gasteiger partial charge in [-0.15, -0.1) is 0 Å². The van der Waals surface area contributed by atoms with Crippen molar-refractivity contribution in [3.8, 4) is 0 Å². The number of nitrogens with zero attached hydrogens (tertiary/aromatic N) is 4. The van der Waals surface area contributed by atoms with Gasteiger partial charge >= 0.3 is 5.69 Å². The van der Waals surface area contributed by atoms with Crippen LogP contribution in [-0.4, -0.2) is 24.4 Å². The number of rotatable bonds is 7. The lowest BCUT2D eigenvalue weighted by atomic mass is 10.0. The second kappa shape index (κ2) is 6.68. The number of aromatic nitrogens is 4. The Morgan fingerprint density at radius 2 is 2.30 bits per heavy atom. The van der Waals surface area contributed by atoms with E-state index in [1.165, 1.54) is 0 Å². The van der Waals surface area contributed by atoms with Crippen LogP contribution >= 0.6 is 0 Å². The van der Waals surface area contributed by atoms with Gasteiger partial charge in [0.25, 0.3) is 5.56 Å². The van der Waals surface area contributed by atoms with E-state index in [0.717, 1.165) is 7.05 Å². The Labute approximate surface area is 164 Å². The van der Waals surface area contributed by atoms with Crippen molar-refractivity contribution < 1.29 is 33.2 Å². The van der Waals surface area contributed by atoms with Crippen molar-refractivity contribution in [2.75, 3.05) is 0 Å². The van der Waals surface area contributed by atoms with E-state index in [-0.39, 0.29) is 9.13 Å². The van der Waals surface area contributed by atoms with Crippen LogP contribution in [-0.2, 0) is 20.0 Å². The Kier molecular flexibility index (Phi) is 1.33. The molecule has 0 aliphatic carbocycles. The molecule has 0 bridgehead atoms. The predicted octanol–water partition coefficient (Wildman–Crippen LogP) is 2.23. The van der Waals surface area contributed by atoms with Gasteiger partial charge in [0.2, 0.25) is 0 Å². The molecule has 128 valence electrons. The zero-order valence-electron chi connectivity index (χ0n) is 32.6. The van der Waals surface area contributed by atoms with E-state index >= 15 is 4.39 Å². The van der Waals surface area contributed by atoms with E-state index in [1.54, 1.807) is 0 Å². The standard InChI is InChI=1S/C16H25FN4O2/c1-5-9-20-11-18-13-12(20)14(22)21(15(23)19(13)4)10-7-6-8-16(2,3)17/h11H,5-10H2,1-4H3/i1D3,2D3,3T3,5D2,6D2,7D2,8D2,9D2,10D2. The van der Waals surface area contributed by atoms with Crippen molar-refractivity contribution in [1.82, 2.24) is 18.7 Å². The Bertz CT molecular complexity index is 1540. The maximum Gasteiger partial charge on any atom is 0.332 e. The molecular weight excluding hydrogens is 299 g/mol. The Morgan fingerprint density at radius 1 is 1.48 bits per heavy atom. The second-order valence-corrected chi connectivity index (χ2v) is 4.15. The molecule has 0 saturated carbocycles. The SMILES string of the molecule is [2H]C([2H])([2H])C([2H])([2H])C([2H])([2H])n1cnc2c1c(=O)n(C([2H])([2H])C([2H])([2H])C([2H])([2H])C([2H])([2H])C(F)(C([2H])([2H])[2H])C([3H])([3H])[3H])c(=O)n2C. The summed E-state index contributed by atoms with van der Waals surface area (Å²) < 4.78 is 178. The van der Waals surface area contributed by atoms with Crippen molar-refractivity contribution in [1.29, 1.82) is 0 Å².